The molecule has 0 aromatic heterocycles. The van der Waals surface area contributed by atoms with E-state index < -0.39 is 14.9 Å². The molecule has 24 heavy (non-hydrogen) atoms. The molecule has 0 saturated carbocycles. The van der Waals surface area contributed by atoms with Crippen LogP contribution >= 0.6 is 12.4 Å². The minimum atomic E-state index is -3.72. The van der Waals surface area contributed by atoms with Crippen molar-refractivity contribution in [1.82, 2.24) is 9.62 Å². The summed E-state index contributed by atoms with van der Waals surface area (Å²) in [5, 5.41) is 13.9. The van der Waals surface area contributed by atoms with Crippen molar-refractivity contribution in [2.24, 2.45) is 5.92 Å². The number of rotatable bonds is 6. The standard InChI is InChI=1S/C14H21N3O5S.ClH/c1-15-10-11-5-7-16(8-6-11)23(20,21)14-4-3-12(17(18)19)9-13(14)22-2;/h3-4,9,11,15H,5-8,10H2,1-2H3;1H. The van der Waals surface area contributed by atoms with Crippen LogP contribution in [0.25, 0.3) is 0 Å². The third kappa shape index (κ3) is 4.35. The van der Waals surface area contributed by atoms with Crippen molar-refractivity contribution < 1.29 is 18.1 Å². The van der Waals surface area contributed by atoms with Crippen molar-refractivity contribution in [2.75, 3.05) is 33.8 Å². The molecule has 1 fully saturated rings. The summed E-state index contributed by atoms with van der Waals surface area (Å²) in [4.78, 5) is 10.2. The number of sulfonamides is 1. The first-order valence-electron chi connectivity index (χ1n) is 7.37. The Bertz CT molecular complexity index is 675. The van der Waals surface area contributed by atoms with Crippen LogP contribution < -0.4 is 10.1 Å². The lowest BCUT2D eigenvalue weighted by atomic mass is 9.98. The summed E-state index contributed by atoms with van der Waals surface area (Å²) in [6.07, 6.45) is 1.57. The fourth-order valence-electron chi connectivity index (χ4n) is 2.76. The Morgan fingerprint density at radius 3 is 2.50 bits per heavy atom. The van der Waals surface area contributed by atoms with Crippen LogP contribution in [0.3, 0.4) is 0 Å². The molecular weight excluding hydrogens is 358 g/mol. The van der Waals surface area contributed by atoms with Crippen LogP contribution in [-0.4, -0.2) is 51.4 Å². The Hall–Kier alpha value is -1.42. The quantitative estimate of drug-likeness (QED) is 0.595. The van der Waals surface area contributed by atoms with E-state index in [1.54, 1.807) is 0 Å². The molecule has 1 aromatic carbocycles. The van der Waals surface area contributed by atoms with Gasteiger partial charge in [-0.3, -0.25) is 10.1 Å². The minimum absolute atomic E-state index is 0. The zero-order valence-corrected chi connectivity index (χ0v) is 15.2. The molecule has 0 atom stereocenters. The molecule has 8 nitrogen and oxygen atoms in total. The molecule has 0 radical (unpaired) electrons. The number of halogens is 1. The number of ether oxygens (including phenoxy) is 1. The van der Waals surface area contributed by atoms with Gasteiger partial charge in [-0.25, -0.2) is 8.42 Å². The van der Waals surface area contributed by atoms with Gasteiger partial charge in [-0.15, -0.1) is 12.4 Å². The fourth-order valence-corrected chi connectivity index (χ4v) is 4.37. The molecule has 1 aliphatic rings. The lowest BCUT2D eigenvalue weighted by Gasteiger charge is -2.31. The van der Waals surface area contributed by atoms with Crippen LogP contribution in [0, 0.1) is 16.0 Å². The Balaban J connectivity index is 0.00000288. The SMILES string of the molecule is CNCC1CCN(S(=O)(=O)c2ccc([N+](=O)[O-])cc2OC)CC1.Cl. The number of nitro benzene ring substituents is 1. The summed E-state index contributed by atoms with van der Waals surface area (Å²) in [6.45, 7) is 1.75. The molecule has 1 N–H and O–H groups in total. The summed E-state index contributed by atoms with van der Waals surface area (Å²) in [7, 11) is -0.538. The maximum Gasteiger partial charge on any atom is 0.273 e. The van der Waals surface area contributed by atoms with E-state index in [2.05, 4.69) is 5.32 Å². The maximum atomic E-state index is 12.8. The second kappa shape index (κ2) is 8.61. The smallest absolute Gasteiger partial charge is 0.273 e. The van der Waals surface area contributed by atoms with E-state index in [1.165, 1.54) is 23.5 Å². The predicted octanol–water partition coefficient (Wildman–Crippen LogP) is 1.65. The van der Waals surface area contributed by atoms with E-state index in [0.29, 0.717) is 19.0 Å². The van der Waals surface area contributed by atoms with Gasteiger partial charge in [0.2, 0.25) is 10.0 Å². The van der Waals surface area contributed by atoms with Gasteiger partial charge in [0.1, 0.15) is 10.6 Å². The maximum absolute atomic E-state index is 12.8. The molecule has 1 heterocycles. The number of benzene rings is 1. The average molecular weight is 380 g/mol. The first-order chi connectivity index (χ1) is 10.9. The molecule has 0 spiro atoms. The summed E-state index contributed by atoms with van der Waals surface area (Å²) in [6, 6.07) is 3.57. The molecule has 136 valence electrons. The average Bonchev–Trinajstić information content (AvgIpc) is 2.55. The number of nitrogens with zero attached hydrogens (tertiary/aromatic N) is 2. The van der Waals surface area contributed by atoms with Gasteiger partial charge >= 0.3 is 0 Å². The molecule has 0 unspecified atom stereocenters. The molecule has 2 rings (SSSR count). The van der Waals surface area contributed by atoms with Crippen molar-refractivity contribution >= 4 is 28.1 Å². The van der Waals surface area contributed by atoms with Gasteiger partial charge in [-0.1, -0.05) is 0 Å². The third-order valence-corrected chi connectivity index (χ3v) is 5.98. The van der Waals surface area contributed by atoms with Gasteiger partial charge in [0.15, 0.2) is 0 Å². The number of nitro groups is 1. The first-order valence-corrected chi connectivity index (χ1v) is 8.81. The van der Waals surface area contributed by atoms with Gasteiger partial charge in [0.05, 0.1) is 18.1 Å². The molecule has 10 heteroatoms. The predicted molar refractivity (Wildman–Crippen MR) is 92.3 cm³/mol. The normalized spacial score (nSPS) is 16.4. The molecule has 1 aliphatic heterocycles. The number of hydrogen-bond donors (Lipinski definition) is 1. The second-order valence-corrected chi connectivity index (χ2v) is 7.40. The van der Waals surface area contributed by atoms with E-state index in [-0.39, 0.29) is 28.7 Å². The van der Waals surface area contributed by atoms with Gasteiger partial charge in [-0.2, -0.15) is 4.31 Å². The molecule has 1 saturated heterocycles. The van der Waals surface area contributed by atoms with E-state index in [0.717, 1.165) is 25.5 Å². The summed E-state index contributed by atoms with van der Waals surface area (Å²) < 4.78 is 32.0. The Morgan fingerprint density at radius 1 is 1.38 bits per heavy atom. The highest BCUT2D eigenvalue weighted by Gasteiger charge is 2.32. The lowest BCUT2D eigenvalue weighted by molar-refractivity contribution is -0.385. The van der Waals surface area contributed by atoms with Crippen molar-refractivity contribution in [3.05, 3.63) is 28.3 Å². The van der Waals surface area contributed by atoms with E-state index in [9.17, 15) is 18.5 Å². The highest BCUT2D eigenvalue weighted by molar-refractivity contribution is 7.89. The molecule has 0 amide bonds. The number of methoxy groups -OCH3 is 1. The first kappa shape index (κ1) is 20.6. The lowest BCUT2D eigenvalue weighted by Crippen LogP contribution is -2.40. The van der Waals surface area contributed by atoms with Crippen molar-refractivity contribution in [3.8, 4) is 5.75 Å². The minimum Gasteiger partial charge on any atom is -0.495 e. The van der Waals surface area contributed by atoms with Crippen LogP contribution in [-0.2, 0) is 10.0 Å². The van der Waals surface area contributed by atoms with Crippen LogP contribution in [0.2, 0.25) is 0 Å². The number of hydrogen-bond acceptors (Lipinski definition) is 6. The molecule has 1 aromatic rings. The number of nitrogens with one attached hydrogen (secondary N) is 1. The summed E-state index contributed by atoms with van der Waals surface area (Å²) in [5.74, 6) is 0.460. The molecule has 0 aliphatic carbocycles. The summed E-state index contributed by atoms with van der Waals surface area (Å²) >= 11 is 0. The van der Waals surface area contributed by atoms with E-state index in [1.807, 2.05) is 7.05 Å². The Morgan fingerprint density at radius 2 is 2.00 bits per heavy atom. The fraction of sp³-hybridized carbons (Fsp3) is 0.571. The van der Waals surface area contributed by atoms with Crippen molar-refractivity contribution in [1.29, 1.82) is 0 Å². The summed E-state index contributed by atoms with van der Waals surface area (Å²) in [5.41, 5.74) is -0.200. The zero-order chi connectivity index (χ0) is 17.0. The van der Waals surface area contributed by atoms with Crippen LogP contribution in [0.1, 0.15) is 12.8 Å². The third-order valence-electron chi connectivity index (χ3n) is 4.04. The highest BCUT2D eigenvalue weighted by Crippen LogP contribution is 2.32. The zero-order valence-electron chi connectivity index (χ0n) is 13.6. The van der Waals surface area contributed by atoms with Crippen LogP contribution in [0.5, 0.6) is 5.75 Å². The van der Waals surface area contributed by atoms with Crippen molar-refractivity contribution in [2.45, 2.75) is 17.7 Å². The highest BCUT2D eigenvalue weighted by atomic mass is 35.5. The van der Waals surface area contributed by atoms with E-state index >= 15 is 0 Å². The van der Waals surface area contributed by atoms with Gasteiger partial charge in [-0.05, 0) is 38.4 Å². The largest absolute Gasteiger partial charge is 0.495 e. The van der Waals surface area contributed by atoms with Gasteiger partial charge < -0.3 is 10.1 Å². The topological polar surface area (TPSA) is 102 Å². The van der Waals surface area contributed by atoms with Crippen LogP contribution in [0.4, 0.5) is 5.69 Å². The molecule has 0 bridgehead atoms. The van der Waals surface area contributed by atoms with Gasteiger partial charge in [0.25, 0.3) is 5.69 Å². The second-order valence-electron chi connectivity index (χ2n) is 5.50. The molecular formula is C14H22ClN3O5S. The Kier molecular flexibility index (Phi) is 7.40. The van der Waals surface area contributed by atoms with E-state index in [4.69, 9.17) is 4.74 Å². The monoisotopic (exact) mass is 379 g/mol. The number of non-ortho nitro benzene ring substituents is 1. The Labute approximate surface area is 147 Å². The number of piperidine rings is 1. The van der Waals surface area contributed by atoms with Crippen molar-refractivity contribution in [3.63, 3.8) is 0 Å². The van der Waals surface area contributed by atoms with Crippen LogP contribution in [0.15, 0.2) is 23.1 Å². The van der Waals surface area contributed by atoms with Gasteiger partial charge in [0, 0.05) is 19.2 Å².